The summed E-state index contributed by atoms with van der Waals surface area (Å²) < 4.78 is 14.0. The molecule has 0 radical (unpaired) electrons. The second-order valence-corrected chi connectivity index (χ2v) is 4.23. The van der Waals surface area contributed by atoms with Gasteiger partial charge in [0.2, 0.25) is 0 Å². The van der Waals surface area contributed by atoms with Crippen LogP contribution in [0.25, 0.3) is 0 Å². The van der Waals surface area contributed by atoms with E-state index in [1.54, 1.807) is 36.6 Å². The van der Waals surface area contributed by atoms with Crippen LogP contribution in [0.15, 0.2) is 36.8 Å². The molecule has 0 aliphatic carbocycles. The fraction of sp³-hybridized carbons (Fsp3) is 0.231. The van der Waals surface area contributed by atoms with Crippen molar-refractivity contribution in [3.05, 3.63) is 53.7 Å². The summed E-state index contributed by atoms with van der Waals surface area (Å²) in [7, 11) is 1.79. The third kappa shape index (κ3) is 2.76. The van der Waals surface area contributed by atoms with Gasteiger partial charge < -0.3 is 4.90 Å². The zero-order valence-electron chi connectivity index (χ0n) is 9.98. The van der Waals surface area contributed by atoms with Crippen LogP contribution in [0.1, 0.15) is 11.1 Å². The molecule has 94 valence electrons. The number of aromatic nitrogens is 2. The number of alkyl halides is 1. The molecule has 0 atom stereocenters. The lowest BCUT2D eigenvalue weighted by atomic mass is 10.2. The molecule has 0 saturated heterocycles. The maximum atomic E-state index is 14.0. The molecule has 5 heteroatoms. The summed E-state index contributed by atoms with van der Waals surface area (Å²) in [4.78, 5) is 9.82. The van der Waals surface area contributed by atoms with Crippen molar-refractivity contribution in [1.82, 2.24) is 9.97 Å². The summed E-state index contributed by atoms with van der Waals surface area (Å²) in [6.07, 6.45) is 5.02. The van der Waals surface area contributed by atoms with E-state index in [-0.39, 0.29) is 11.7 Å². The molecule has 0 aliphatic rings. The van der Waals surface area contributed by atoms with E-state index < -0.39 is 0 Å². The molecule has 0 saturated carbocycles. The van der Waals surface area contributed by atoms with Crippen LogP contribution in [-0.2, 0) is 12.4 Å². The molecule has 2 aromatic rings. The van der Waals surface area contributed by atoms with Crippen molar-refractivity contribution >= 4 is 17.4 Å². The number of halogens is 2. The van der Waals surface area contributed by atoms with Crippen molar-refractivity contribution in [3.63, 3.8) is 0 Å². The SMILES string of the molecule is CN(Cc1cccnc1)c1nccc(CCl)c1F. The molecule has 0 unspecified atom stereocenters. The Morgan fingerprint density at radius 1 is 1.33 bits per heavy atom. The van der Waals surface area contributed by atoms with Crippen LogP contribution in [0.4, 0.5) is 10.2 Å². The van der Waals surface area contributed by atoms with Gasteiger partial charge in [-0.3, -0.25) is 4.98 Å². The number of hydrogen-bond donors (Lipinski definition) is 0. The molecule has 2 rings (SSSR count). The molecular weight excluding hydrogens is 253 g/mol. The topological polar surface area (TPSA) is 29.0 Å². The van der Waals surface area contributed by atoms with E-state index in [4.69, 9.17) is 11.6 Å². The fourth-order valence-corrected chi connectivity index (χ4v) is 1.89. The van der Waals surface area contributed by atoms with Crippen molar-refractivity contribution in [1.29, 1.82) is 0 Å². The maximum Gasteiger partial charge on any atom is 0.170 e. The largest absolute Gasteiger partial charge is 0.353 e. The van der Waals surface area contributed by atoms with Crippen molar-refractivity contribution < 1.29 is 4.39 Å². The zero-order chi connectivity index (χ0) is 13.0. The lowest BCUT2D eigenvalue weighted by Gasteiger charge is -2.19. The minimum absolute atomic E-state index is 0.141. The Hall–Kier alpha value is -1.68. The van der Waals surface area contributed by atoms with Gasteiger partial charge in [0.15, 0.2) is 11.6 Å². The highest BCUT2D eigenvalue weighted by Crippen LogP contribution is 2.20. The predicted molar refractivity (Wildman–Crippen MR) is 70.1 cm³/mol. The van der Waals surface area contributed by atoms with Gasteiger partial charge in [0.1, 0.15) is 0 Å². The third-order valence-electron chi connectivity index (χ3n) is 2.60. The Balaban J connectivity index is 2.21. The Morgan fingerprint density at radius 2 is 2.17 bits per heavy atom. The van der Waals surface area contributed by atoms with Gasteiger partial charge in [0.05, 0.1) is 5.88 Å². The normalized spacial score (nSPS) is 10.4. The van der Waals surface area contributed by atoms with Gasteiger partial charge in [-0.25, -0.2) is 9.37 Å². The van der Waals surface area contributed by atoms with Crippen LogP contribution < -0.4 is 4.90 Å². The van der Waals surface area contributed by atoms with E-state index in [9.17, 15) is 4.39 Å². The van der Waals surface area contributed by atoms with E-state index in [1.807, 2.05) is 12.1 Å². The smallest absolute Gasteiger partial charge is 0.170 e. The molecular formula is C13H13ClFN3. The minimum atomic E-state index is -0.362. The second kappa shape index (κ2) is 5.78. The molecule has 2 heterocycles. The highest BCUT2D eigenvalue weighted by Gasteiger charge is 2.13. The Morgan fingerprint density at radius 3 is 2.83 bits per heavy atom. The second-order valence-electron chi connectivity index (χ2n) is 3.96. The van der Waals surface area contributed by atoms with Crippen molar-refractivity contribution in [2.75, 3.05) is 11.9 Å². The average molecular weight is 266 g/mol. The quantitative estimate of drug-likeness (QED) is 0.796. The molecule has 3 nitrogen and oxygen atoms in total. The Bertz CT molecular complexity index is 519. The third-order valence-corrected chi connectivity index (χ3v) is 2.89. The molecule has 0 N–H and O–H groups in total. The van der Waals surface area contributed by atoms with Gasteiger partial charge in [0, 0.05) is 37.7 Å². The van der Waals surface area contributed by atoms with Gasteiger partial charge in [-0.1, -0.05) is 6.07 Å². The standard InChI is InChI=1S/C13H13ClFN3/c1-18(9-10-3-2-5-16-8-10)13-12(15)11(7-14)4-6-17-13/h2-6,8H,7,9H2,1H3. The first-order valence-electron chi connectivity index (χ1n) is 5.51. The Kier molecular flexibility index (Phi) is 4.10. The number of hydrogen-bond acceptors (Lipinski definition) is 3. The summed E-state index contributed by atoms with van der Waals surface area (Å²) >= 11 is 5.67. The van der Waals surface area contributed by atoms with E-state index >= 15 is 0 Å². The van der Waals surface area contributed by atoms with Gasteiger partial charge in [0.25, 0.3) is 0 Å². The fourth-order valence-electron chi connectivity index (χ4n) is 1.68. The summed E-state index contributed by atoms with van der Waals surface area (Å²) in [6.45, 7) is 0.545. The highest BCUT2D eigenvalue weighted by atomic mass is 35.5. The highest BCUT2D eigenvalue weighted by molar-refractivity contribution is 6.17. The number of rotatable bonds is 4. The summed E-state index contributed by atoms with van der Waals surface area (Å²) in [6, 6.07) is 5.37. The van der Waals surface area contributed by atoms with Crippen LogP contribution in [0.3, 0.4) is 0 Å². The zero-order valence-corrected chi connectivity index (χ0v) is 10.7. The molecule has 0 amide bonds. The molecule has 18 heavy (non-hydrogen) atoms. The van der Waals surface area contributed by atoms with Crippen molar-refractivity contribution in [2.45, 2.75) is 12.4 Å². The lowest BCUT2D eigenvalue weighted by Crippen LogP contribution is -2.19. The van der Waals surface area contributed by atoms with Crippen LogP contribution in [0.2, 0.25) is 0 Å². The van der Waals surface area contributed by atoms with Gasteiger partial charge >= 0.3 is 0 Å². The monoisotopic (exact) mass is 265 g/mol. The first-order chi connectivity index (χ1) is 8.72. The number of anilines is 1. The first kappa shape index (κ1) is 12.8. The van der Waals surface area contributed by atoms with Gasteiger partial charge in [-0.15, -0.1) is 11.6 Å². The number of pyridine rings is 2. The number of nitrogens with zero attached hydrogens (tertiary/aromatic N) is 3. The van der Waals surface area contributed by atoms with Gasteiger partial charge in [-0.2, -0.15) is 0 Å². The predicted octanol–water partition coefficient (Wildman–Crippen LogP) is 2.99. The first-order valence-corrected chi connectivity index (χ1v) is 6.05. The summed E-state index contributed by atoms with van der Waals surface area (Å²) in [5.74, 6) is 0.0816. The molecule has 0 spiro atoms. The average Bonchev–Trinajstić information content (AvgIpc) is 2.40. The van der Waals surface area contributed by atoms with Gasteiger partial charge in [-0.05, 0) is 17.7 Å². The lowest BCUT2D eigenvalue weighted by molar-refractivity contribution is 0.604. The van der Waals surface area contributed by atoms with Crippen LogP contribution in [0.5, 0.6) is 0 Å². The summed E-state index contributed by atoms with van der Waals surface area (Å²) in [5, 5.41) is 0. The molecule has 2 aromatic heterocycles. The maximum absolute atomic E-state index is 14.0. The molecule has 0 aromatic carbocycles. The Labute approximate surface area is 110 Å². The van der Waals surface area contributed by atoms with Crippen molar-refractivity contribution in [3.8, 4) is 0 Å². The summed E-state index contributed by atoms with van der Waals surface area (Å²) in [5.41, 5.74) is 1.46. The van der Waals surface area contributed by atoms with Crippen molar-refractivity contribution in [2.24, 2.45) is 0 Å². The molecule has 0 fully saturated rings. The van der Waals surface area contributed by atoms with E-state index in [0.29, 0.717) is 17.9 Å². The van der Waals surface area contributed by atoms with Crippen LogP contribution in [0, 0.1) is 5.82 Å². The van der Waals surface area contributed by atoms with E-state index in [0.717, 1.165) is 5.56 Å². The molecule has 0 bridgehead atoms. The molecule has 0 aliphatic heterocycles. The van der Waals surface area contributed by atoms with E-state index in [2.05, 4.69) is 9.97 Å². The minimum Gasteiger partial charge on any atom is -0.353 e. The van der Waals surface area contributed by atoms with Crippen LogP contribution >= 0.6 is 11.6 Å². The van der Waals surface area contributed by atoms with Crippen LogP contribution in [-0.4, -0.2) is 17.0 Å². The van der Waals surface area contributed by atoms with E-state index in [1.165, 1.54) is 0 Å².